The van der Waals surface area contributed by atoms with E-state index in [0.717, 1.165) is 62.4 Å². The number of hydrogen-bond donors (Lipinski definition) is 0. The van der Waals surface area contributed by atoms with Crippen LogP contribution in [0, 0.1) is 18.7 Å². The maximum atomic E-state index is 14.6. The molecule has 2 heterocycles. The van der Waals surface area contributed by atoms with Gasteiger partial charge in [0.1, 0.15) is 11.6 Å². The van der Waals surface area contributed by atoms with Crippen molar-refractivity contribution in [3.05, 3.63) is 82.9 Å². The number of likely N-dealkylation sites (tertiary alicyclic amines) is 1. The largest absolute Gasteiger partial charge is 0.497 e. The fourth-order valence-corrected chi connectivity index (χ4v) is 5.25. The summed E-state index contributed by atoms with van der Waals surface area (Å²) in [5.74, 6) is 1.31. The summed E-state index contributed by atoms with van der Waals surface area (Å²) in [6, 6.07) is 15.9. The smallest absolute Gasteiger partial charge is 0.126 e. The molecule has 1 aliphatic rings. The van der Waals surface area contributed by atoms with Crippen molar-refractivity contribution < 1.29 is 9.13 Å². The maximum Gasteiger partial charge on any atom is 0.126 e. The van der Waals surface area contributed by atoms with Gasteiger partial charge in [0.2, 0.25) is 0 Å². The van der Waals surface area contributed by atoms with E-state index in [1.165, 1.54) is 11.1 Å². The normalized spacial score (nSPS) is 16.2. The zero-order valence-electron chi connectivity index (χ0n) is 20.9. The highest BCUT2D eigenvalue weighted by molar-refractivity contribution is 5.27. The lowest BCUT2D eigenvalue weighted by molar-refractivity contribution is 0.0948. The minimum Gasteiger partial charge on any atom is -0.497 e. The summed E-state index contributed by atoms with van der Waals surface area (Å²) in [4.78, 5) is 4.95. The average Bonchev–Trinajstić information content (AvgIpc) is 3.16. The number of halogens is 1. The molecule has 0 bridgehead atoms. The molecule has 182 valence electrons. The van der Waals surface area contributed by atoms with E-state index >= 15 is 0 Å². The topological polar surface area (TPSA) is 33.5 Å². The minimum absolute atomic E-state index is 0.101. The van der Waals surface area contributed by atoms with E-state index in [0.29, 0.717) is 5.92 Å². The maximum absolute atomic E-state index is 14.6. The summed E-state index contributed by atoms with van der Waals surface area (Å²) in [5, 5.41) is 4.51. The van der Waals surface area contributed by atoms with E-state index in [-0.39, 0.29) is 11.9 Å². The van der Waals surface area contributed by atoms with Crippen LogP contribution in [0.3, 0.4) is 0 Å². The predicted molar refractivity (Wildman–Crippen MR) is 134 cm³/mol. The molecule has 2 aromatic carbocycles. The first-order chi connectivity index (χ1) is 16.4. The molecule has 1 atom stereocenters. The van der Waals surface area contributed by atoms with Crippen LogP contribution in [0.4, 0.5) is 4.39 Å². The molecule has 0 spiro atoms. The molecular weight excluding hydrogens is 427 g/mol. The molecule has 0 saturated carbocycles. The average molecular weight is 465 g/mol. The fraction of sp³-hybridized carbons (Fsp3) is 0.464. The van der Waals surface area contributed by atoms with E-state index < -0.39 is 0 Å². The van der Waals surface area contributed by atoms with Crippen molar-refractivity contribution in [2.45, 2.75) is 45.3 Å². The number of methoxy groups -OCH3 is 1. The number of nitrogens with zero attached hydrogens (tertiary/aromatic N) is 4. The molecule has 34 heavy (non-hydrogen) atoms. The molecule has 1 aromatic heterocycles. The third-order valence-corrected chi connectivity index (χ3v) is 7.23. The molecule has 4 rings (SSSR count). The second-order valence-corrected chi connectivity index (χ2v) is 9.65. The first kappa shape index (κ1) is 24.4. The van der Waals surface area contributed by atoms with Crippen molar-refractivity contribution in [1.82, 2.24) is 19.6 Å². The SMILES string of the molecule is COc1ccc(CN2CCC([C@H](Cc3ccccc3F)N(C)Cc3cn(C)nc3C)CC2)cc1. The summed E-state index contributed by atoms with van der Waals surface area (Å²) < 4.78 is 21.7. The van der Waals surface area contributed by atoms with Crippen molar-refractivity contribution >= 4 is 0 Å². The van der Waals surface area contributed by atoms with Crippen molar-refractivity contribution in [1.29, 1.82) is 0 Å². The van der Waals surface area contributed by atoms with Gasteiger partial charge >= 0.3 is 0 Å². The Morgan fingerprint density at radius 3 is 2.41 bits per heavy atom. The van der Waals surface area contributed by atoms with E-state index in [1.54, 1.807) is 19.2 Å². The summed E-state index contributed by atoms with van der Waals surface area (Å²) in [6.45, 7) is 5.96. The lowest BCUT2D eigenvalue weighted by Crippen LogP contribution is -2.45. The van der Waals surface area contributed by atoms with E-state index in [4.69, 9.17) is 4.74 Å². The molecule has 3 aromatic rings. The van der Waals surface area contributed by atoms with Crippen LogP contribution in [0.1, 0.15) is 35.2 Å². The Kier molecular flexibility index (Phi) is 8.01. The number of aromatic nitrogens is 2. The third-order valence-electron chi connectivity index (χ3n) is 7.23. The molecule has 1 saturated heterocycles. The standard InChI is InChI=1S/C28H37FN4O/c1-21-25(20-32(3)30-21)19-31(2)28(17-24-7-5-6-8-27(24)29)23-13-15-33(16-14-23)18-22-9-11-26(34-4)12-10-22/h5-12,20,23,28H,13-19H2,1-4H3/t28-/m0/s1. The number of benzene rings is 2. The van der Waals surface area contributed by atoms with Crippen LogP contribution in [0.5, 0.6) is 5.75 Å². The number of ether oxygens (including phenoxy) is 1. The van der Waals surface area contributed by atoms with Gasteiger partial charge in [0.25, 0.3) is 0 Å². The van der Waals surface area contributed by atoms with E-state index in [2.05, 4.69) is 47.2 Å². The molecule has 5 nitrogen and oxygen atoms in total. The number of hydrogen-bond acceptors (Lipinski definition) is 4. The minimum atomic E-state index is -0.101. The van der Waals surface area contributed by atoms with Crippen LogP contribution in [0.25, 0.3) is 0 Å². The molecule has 6 heteroatoms. The molecule has 0 aliphatic carbocycles. The summed E-state index contributed by atoms with van der Waals surface area (Å²) >= 11 is 0. The molecular formula is C28H37FN4O. The van der Waals surface area contributed by atoms with Crippen LogP contribution in [0.2, 0.25) is 0 Å². The van der Waals surface area contributed by atoms with Gasteiger partial charge in [-0.05, 0) is 81.6 Å². The fourth-order valence-electron chi connectivity index (χ4n) is 5.25. The van der Waals surface area contributed by atoms with Crippen molar-refractivity contribution in [2.24, 2.45) is 13.0 Å². The highest BCUT2D eigenvalue weighted by Gasteiger charge is 2.30. The second-order valence-electron chi connectivity index (χ2n) is 9.65. The highest BCUT2D eigenvalue weighted by Crippen LogP contribution is 2.29. The first-order valence-corrected chi connectivity index (χ1v) is 12.2. The van der Waals surface area contributed by atoms with Gasteiger partial charge in [-0.1, -0.05) is 30.3 Å². The lowest BCUT2D eigenvalue weighted by Gasteiger charge is -2.40. The first-order valence-electron chi connectivity index (χ1n) is 12.2. The van der Waals surface area contributed by atoms with Gasteiger partial charge in [-0.2, -0.15) is 5.10 Å². The molecule has 1 aliphatic heterocycles. The lowest BCUT2D eigenvalue weighted by atomic mass is 9.84. The monoisotopic (exact) mass is 464 g/mol. The van der Waals surface area contributed by atoms with Crippen LogP contribution in [0.15, 0.2) is 54.7 Å². The van der Waals surface area contributed by atoms with E-state index in [1.807, 2.05) is 36.0 Å². The second kappa shape index (κ2) is 11.2. The van der Waals surface area contributed by atoms with Crippen LogP contribution in [-0.4, -0.2) is 52.9 Å². The predicted octanol–water partition coefficient (Wildman–Crippen LogP) is 4.83. The summed E-state index contributed by atoms with van der Waals surface area (Å²) in [7, 11) is 5.84. The quantitative estimate of drug-likeness (QED) is 0.454. The highest BCUT2D eigenvalue weighted by atomic mass is 19.1. The third kappa shape index (κ3) is 6.05. The van der Waals surface area contributed by atoms with Gasteiger partial charge < -0.3 is 4.74 Å². The van der Waals surface area contributed by atoms with Crippen LogP contribution < -0.4 is 4.74 Å². The molecule has 0 amide bonds. The zero-order chi connectivity index (χ0) is 24.1. The molecule has 0 radical (unpaired) electrons. The van der Waals surface area contributed by atoms with Crippen LogP contribution in [-0.2, 0) is 26.6 Å². The Morgan fingerprint density at radius 1 is 1.09 bits per heavy atom. The Morgan fingerprint density at radius 2 is 1.79 bits per heavy atom. The summed E-state index contributed by atoms with van der Waals surface area (Å²) in [5.41, 5.74) is 4.42. The van der Waals surface area contributed by atoms with Gasteiger partial charge in [-0.25, -0.2) is 4.39 Å². The zero-order valence-corrected chi connectivity index (χ0v) is 20.9. The Balaban J connectivity index is 1.44. The molecule has 0 N–H and O–H groups in total. The van der Waals surface area contributed by atoms with Gasteiger partial charge in [0.05, 0.1) is 12.8 Å². The van der Waals surface area contributed by atoms with Gasteiger partial charge in [-0.3, -0.25) is 14.5 Å². The molecule has 0 unspecified atom stereocenters. The van der Waals surface area contributed by atoms with Crippen LogP contribution >= 0.6 is 0 Å². The molecule has 1 fully saturated rings. The van der Waals surface area contributed by atoms with Crippen molar-refractivity contribution in [3.63, 3.8) is 0 Å². The number of rotatable bonds is 9. The van der Waals surface area contributed by atoms with Gasteiger partial charge in [0.15, 0.2) is 0 Å². The number of aryl methyl sites for hydroxylation is 2. The van der Waals surface area contributed by atoms with Crippen molar-refractivity contribution in [3.8, 4) is 5.75 Å². The Labute approximate surface area is 203 Å². The number of likely N-dealkylation sites (N-methyl/N-ethyl adjacent to an activating group) is 1. The van der Waals surface area contributed by atoms with E-state index in [9.17, 15) is 4.39 Å². The summed E-state index contributed by atoms with van der Waals surface area (Å²) in [6.07, 6.45) is 5.06. The van der Waals surface area contributed by atoms with Gasteiger partial charge in [0, 0.05) is 37.9 Å². The van der Waals surface area contributed by atoms with Gasteiger partial charge in [-0.15, -0.1) is 0 Å². The van der Waals surface area contributed by atoms with Crippen molar-refractivity contribution in [2.75, 3.05) is 27.2 Å². The number of piperidine rings is 1. The Hall–Kier alpha value is -2.70. The Bertz CT molecular complexity index is 1060.